The molecule has 0 saturated heterocycles. The second-order valence-corrected chi connectivity index (χ2v) is 12.1. The number of alkyl halides is 3. The lowest BCUT2D eigenvalue weighted by Crippen LogP contribution is -2.45. The highest BCUT2D eigenvalue weighted by atomic mass is 32.2. The third-order valence-corrected chi connectivity index (χ3v) is 7.37. The number of carbonyl (C=O) groups is 2. The highest BCUT2D eigenvalue weighted by molar-refractivity contribution is 8.01. The predicted octanol–water partition coefficient (Wildman–Crippen LogP) is 6.96. The number of likely N-dealkylation sites (N-methyl/N-ethyl adjacent to an activating group) is 1. The molecular formula is C27H33F3N2O4S. The summed E-state index contributed by atoms with van der Waals surface area (Å²) in [7, 11) is 0. The first kappa shape index (κ1) is 28.7. The molecule has 0 aromatic heterocycles. The third kappa shape index (κ3) is 7.56. The van der Waals surface area contributed by atoms with E-state index < -0.39 is 16.7 Å². The van der Waals surface area contributed by atoms with E-state index in [4.69, 9.17) is 4.74 Å². The highest BCUT2D eigenvalue weighted by Gasteiger charge is 2.44. The van der Waals surface area contributed by atoms with Gasteiger partial charge in [-0.1, -0.05) is 24.3 Å². The molecule has 1 N–H and O–H groups in total. The molecule has 1 aliphatic rings. The smallest absolute Gasteiger partial charge is 0.459 e. The molecule has 2 unspecified atom stereocenters. The lowest BCUT2D eigenvalue weighted by Gasteiger charge is -2.36. The number of rotatable bonds is 7. The zero-order valence-electron chi connectivity index (χ0n) is 21.8. The van der Waals surface area contributed by atoms with Crippen molar-refractivity contribution in [2.75, 3.05) is 11.9 Å². The van der Waals surface area contributed by atoms with Gasteiger partial charge in [0.15, 0.2) is 0 Å². The van der Waals surface area contributed by atoms with Gasteiger partial charge in [-0.05, 0) is 83.4 Å². The van der Waals surface area contributed by atoms with Crippen LogP contribution in [0.15, 0.2) is 48.5 Å². The van der Waals surface area contributed by atoms with Gasteiger partial charge in [-0.3, -0.25) is 4.79 Å². The van der Waals surface area contributed by atoms with E-state index in [1.165, 1.54) is 23.9 Å². The van der Waals surface area contributed by atoms with Crippen molar-refractivity contribution in [3.8, 4) is 5.75 Å². The predicted molar refractivity (Wildman–Crippen MR) is 139 cm³/mol. The van der Waals surface area contributed by atoms with Crippen LogP contribution in [0.25, 0.3) is 0 Å². The van der Waals surface area contributed by atoms with Crippen LogP contribution in [0.1, 0.15) is 57.9 Å². The van der Waals surface area contributed by atoms with E-state index in [0.717, 1.165) is 23.3 Å². The van der Waals surface area contributed by atoms with Crippen molar-refractivity contribution in [3.63, 3.8) is 0 Å². The lowest BCUT2D eigenvalue weighted by molar-refractivity contribution is -0.274. The number of esters is 1. The minimum absolute atomic E-state index is 0.188. The first-order valence-corrected chi connectivity index (χ1v) is 12.9. The minimum Gasteiger partial charge on any atom is -0.459 e. The van der Waals surface area contributed by atoms with Crippen LogP contribution < -0.4 is 10.1 Å². The van der Waals surface area contributed by atoms with Gasteiger partial charge in [0, 0.05) is 12.2 Å². The average Bonchev–Trinajstić information content (AvgIpc) is 3.11. The molecule has 3 rings (SSSR count). The van der Waals surface area contributed by atoms with Gasteiger partial charge in [-0.25, -0.2) is 4.79 Å². The number of urea groups is 1. The molecule has 0 aliphatic heterocycles. The van der Waals surface area contributed by atoms with Gasteiger partial charge in [-0.15, -0.1) is 24.9 Å². The average molecular weight is 539 g/mol. The van der Waals surface area contributed by atoms with Crippen molar-refractivity contribution >= 4 is 29.4 Å². The largest absolute Gasteiger partial charge is 0.573 e. The van der Waals surface area contributed by atoms with E-state index in [1.807, 2.05) is 65.8 Å². The number of benzene rings is 2. The summed E-state index contributed by atoms with van der Waals surface area (Å²) in [6.45, 7) is 11.4. The molecule has 0 bridgehead atoms. The zero-order chi connectivity index (χ0) is 27.6. The van der Waals surface area contributed by atoms with E-state index in [9.17, 15) is 22.8 Å². The Labute approximate surface area is 219 Å². The number of nitrogens with one attached hydrogen (secondary N) is 1. The standard InChI is InChI=1S/C27H33F3N2O4S/c1-7-32(24(34)31-18-12-14-19(15-13-18)35-27(28,29)30)21-16-17-10-8-9-11-20(17)22(21)37-26(5,6)23(33)36-25(2,3)4/h8-15,21-22H,7,16H2,1-6H3,(H,31,34). The maximum Gasteiger partial charge on any atom is 0.573 e. The fraction of sp³-hybridized carbons (Fsp3) is 0.481. The summed E-state index contributed by atoms with van der Waals surface area (Å²) in [6, 6.07) is 12.3. The molecule has 2 aromatic rings. The number of nitrogens with zero attached hydrogens (tertiary/aromatic N) is 1. The topological polar surface area (TPSA) is 67.9 Å². The monoisotopic (exact) mass is 538 g/mol. The summed E-state index contributed by atoms with van der Waals surface area (Å²) in [4.78, 5) is 28.0. The molecule has 2 amide bonds. The van der Waals surface area contributed by atoms with Crippen molar-refractivity contribution in [2.45, 2.75) is 76.0 Å². The van der Waals surface area contributed by atoms with Crippen molar-refractivity contribution in [1.29, 1.82) is 0 Å². The van der Waals surface area contributed by atoms with Gasteiger partial charge in [0.05, 0.1) is 11.3 Å². The van der Waals surface area contributed by atoms with Crippen LogP contribution in [-0.2, 0) is 16.0 Å². The Morgan fingerprint density at radius 3 is 2.22 bits per heavy atom. The molecular weight excluding hydrogens is 505 g/mol. The fourth-order valence-corrected chi connectivity index (χ4v) is 5.71. The summed E-state index contributed by atoms with van der Waals surface area (Å²) >= 11 is 1.46. The molecule has 2 aromatic carbocycles. The van der Waals surface area contributed by atoms with Crippen LogP contribution in [0.2, 0.25) is 0 Å². The van der Waals surface area contributed by atoms with Crippen molar-refractivity contribution in [3.05, 3.63) is 59.7 Å². The van der Waals surface area contributed by atoms with Crippen LogP contribution in [0, 0.1) is 0 Å². The van der Waals surface area contributed by atoms with E-state index in [2.05, 4.69) is 10.1 Å². The summed E-state index contributed by atoms with van der Waals surface area (Å²) in [5, 5.41) is 2.59. The van der Waals surface area contributed by atoms with E-state index in [1.54, 1.807) is 4.90 Å². The van der Waals surface area contributed by atoms with E-state index >= 15 is 0 Å². The molecule has 37 heavy (non-hydrogen) atoms. The van der Waals surface area contributed by atoms with Gasteiger partial charge in [0.25, 0.3) is 0 Å². The number of fused-ring (bicyclic) bond motifs is 1. The second kappa shape index (κ2) is 10.8. The summed E-state index contributed by atoms with van der Waals surface area (Å²) in [5.74, 6) is -0.702. The maximum atomic E-state index is 13.3. The molecule has 0 heterocycles. The Kier molecular flexibility index (Phi) is 8.41. The van der Waals surface area contributed by atoms with Gasteiger partial charge in [0.2, 0.25) is 0 Å². The van der Waals surface area contributed by atoms with E-state index in [-0.39, 0.29) is 29.0 Å². The normalized spacial score (nSPS) is 17.6. The number of anilines is 1. The molecule has 202 valence electrons. The van der Waals surface area contributed by atoms with Gasteiger partial charge in [0.1, 0.15) is 16.1 Å². The summed E-state index contributed by atoms with van der Waals surface area (Å²) in [6.07, 6.45) is -4.18. The Hall–Kier alpha value is -2.88. The third-order valence-electron chi connectivity index (χ3n) is 5.79. The number of hydrogen-bond donors (Lipinski definition) is 1. The molecule has 2 atom stereocenters. The van der Waals surface area contributed by atoms with Gasteiger partial charge >= 0.3 is 18.4 Å². The number of thioether (sulfide) groups is 1. The first-order valence-electron chi connectivity index (χ1n) is 12.0. The maximum absolute atomic E-state index is 13.3. The summed E-state index contributed by atoms with van der Waals surface area (Å²) < 4.78 is 46.0. The quantitative estimate of drug-likeness (QED) is 0.386. The lowest BCUT2D eigenvalue weighted by atomic mass is 10.1. The molecule has 6 nitrogen and oxygen atoms in total. The van der Waals surface area contributed by atoms with Crippen molar-refractivity contribution < 1.29 is 32.2 Å². The number of amides is 2. The number of ether oxygens (including phenoxy) is 2. The Balaban J connectivity index is 1.81. The van der Waals surface area contributed by atoms with Crippen LogP contribution >= 0.6 is 11.8 Å². The number of hydrogen-bond acceptors (Lipinski definition) is 5. The molecule has 1 aliphatic carbocycles. The van der Waals surface area contributed by atoms with E-state index in [0.29, 0.717) is 18.7 Å². The van der Waals surface area contributed by atoms with Crippen LogP contribution in [0.4, 0.5) is 23.7 Å². The minimum atomic E-state index is -4.79. The molecule has 0 saturated carbocycles. The van der Waals surface area contributed by atoms with Crippen molar-refractivity contribution in [1.82, 2.24) is 4.90 Å². The van der Waals surface area contributed by atoms with Crippen LogP contribution in [-0.4, -0.2) is 46.2 Å². The summed E-state index contributed by atoms with van der Waals surface area (Å²) in [5.41, 5.74) is 1.88. The molecule has 0 spiro atoms. The number of carbonyl (C=O) groups excluding carboxylic acids is 2. The van der Waals surface area contributed by atoms with Gasteiger partial charge < -0.3 is 19.7 Å². The van der Waals surface area contributed by atoms with Gasteiger partial charge in [-0.2, -0.15) is 0 Å². The molecule has 0 radical (unpaired) electrons. The fourth-order valence-electron chi connectivity index (χ4n) is 4.18. The SMILES string of the molecule is CCN(C(=O)Nc1ccc(OC(F)(F)F)cc1)C1Cc2ccccc2C1SC(C)(C)C(=O)OC(C)(C)C. The second-order valence-electron chi connectivity index (χ2n) is 10.3. The highest BCUT2D eigenvalue weighted by Crippen LogP contribution is 2.49. The van der Waals surface area contributed by atoms with Crippen LogP contribution in [0.5, 0.6) is 5.75 Å². The van der Waals surface area contributed by atoms with Crippen molar-refractivity contribution in [2.24, 2.45) is 0 Å². The molecule has 0 fully saturated rings. The van der Waals surface area contributed by atoms with Crippen LogP contribution in [0.3, 0.4) is 0 Å². The Bertz CT molecular complexity index is 1110. The first-order chi connectivity index (χ1) is 17.1. The zero-order valence-corrected chi connectivity index (χ0v) is 22.6. The number of halogens is 3. The Morgan fingerprint density at radius 1 is 1.03 bits per heavy atom. The molecule has 10 heteroatoms. The Morgan fingerprint density at radius 2 is 1.65 bits per heavy atom.